The maximum Gasteiger partial charge on any atom is 0.115 e. The Hall–Kier alpha value is -1.96. The fraction of sp³-hybridized carbons (Fsp3) is 0.333. The summed E-state index contributed by atoms with van der Waals surface area (Å²) in [6.07, 6.45) is 2.14. The van der Waals surface area contributed by atoms with Gasteiger partial charge in [-0.3, -0.25) is 0 Å². The van der Waals surface area contributed by atoms with Crippen molar-refractivity contribution in [2.75, 3.05) is 11.4 Å². The average Bonchev–Trinajstić information content (AvgIpc) is 2.48. The fourth-order valence-electron chi connectivity index (χ4n) is 2.56. The normalized spacial score (nSPS) is 12.1. The molecule has 0 heterocycles. The van der Waals surface area contributed by atoms with Gasteiger partial charge in [-0.05, 0) is 56.5 Å². The monoisotopic (exact) mass is 269 g/mol. The number of nitrogens with zero attached hydrogens (tertiary/aromatic N) is 1. The second-order valence-corrected chi connectivity index (χ2v) is 5.18. The van der Waals surface area contributed by atoms with E-state index in [2.05, 4.69) is 49.1 Å². The predicted molar refractivity (Wildman–Crippen MR) is 85.4 cm³/mol. The summed E-state index contributed by atoms with van der Waals surface area (Å²) < 4.78 is 0. The zero-order valence-corrected chi connectivity index (χ0v) is 12.3. The van der Waals surface area contributed by atoms with Crippen molar-refractivity contribution in [3.05, 3.63) is 60.2 Å². The predicted octanol–water partition coefficient (Wildman–Crippen LogP) is 4.24. The minimum Gasteiger partial charge on any atom is -0.508 e. The number of anilines is 1. The van der Waals surface area contributed by atoms with Crippen LogP contribution < -0.4 is 4.90 Å². The van der Waals surface area contributed by atoms with Crippen molar-refractivity contribution >= 4 is 5.69 Å². The van der Waals surface area contributed by atoms with Gasteiger partial charge in [0, 0.05) is 18.3 Å². The van der Waals surface area contributed by atoms with Crippen LogP contribution in [-0.4, -0.2) is 17.7 Å². The highest BCUT2D eigenvalue weighted by Crippen LogP contribution is 2.19. The molecule has 2 rings (SSSR count). The molecule has 0 aliphatic rings. The van der Waals surface area contributed by atoms with E-state index in [1.54, 1.807) is 12.1 Å². The topological polar surface area (TPSA) is 23.5 Å². The summed E-state index contributed by atoms with van der Waals surface area (Å²) in [6.45, 7) is 5.49. The Bertz CT molecular complexity index is 507. The maximum atomic E-state index is 9.30. The van der Waals surface area contributed by atoms with Gasteiger partial charge in [0.1, 0.15) is 5.75 Å². The molecule has 0 aromatic heterocycles. The van der Waals surface area contributed by atoms with Gasteiger partial charge in [-0.1, -0.05) is 30.3 Å². The van der Waals surface area contributed by atoms with Crippen molar-refractivity contribution in [2.24, 2.45) is 0 Å². The van der Waals surface area contributed by atoms with Gasteiger partial charge >= 0.3 is 0 Å². The Balaban J connectivity index is 1.96. The molecule has 0 saturated heterocycles. The van der Waals surface area contributed by atoms with Gasteiger partial charge in [0.15, 0.2) is 0 Å². The summed E-state index contributed by atoms with van der Waals surface area (Å²) >= 11 is 0. The van der Waals surface area contributed by atoms with E-state index >= 15 is 0 Å². The highest BCUT2D eigenvalue weighted by molar-refractivity contribution is 5.46. The quantitative estimate of drug-likeness (QED) is 0.848. The van der Waals surface area contributed by atoms with Crippen LogP contribution in [0.4, 0.5) is 5.69 Å². The minimum atomic E-state index is 0.335. The SMILES string of the molecule is CCN(c1ccccc1)C(C)CCc1ccc(O)cc1. The summed E-state index contributed by atoms with van der Waals surface area (Å²) in [5.74, 6) is 0.335. The third-order valence-corrected chi connectivity index (χ3v) is 3.75. The molecule has 0 spiro atoms. The van der Waals surface area contributed by atoms with Gasteiger partial charge in [-0.2, -0.15) is 0 Å². The molecule has 2 heteroatoms. The van der Waals surface area contributed by atoms with Gasteiger partial charge in [-0.25, -0.2) is 0 Å². The zero-order chi connectivity index (χ0) is 14.4. The van der Waals surface area contributed by atoms with Crippen molar-refractivity contribution in [1.29, 1.82) is 0 Å². The lowest BCUT2D eigenvalue weighted by molar-refractivity contribution is 0.475. The highest BCUT2D eigenvalue weighted by Gasteiger charge is 2.12. The summed E-state index contributed by atoms with van der Waals surface area (Å²) in [5.41, 5.74) is 2.56. The Labute approximate surface area is 121 Å². The van der Waals surface area contributed by atoms with Gasteiger partial charge in [0.2, 0.25) is 0 Å². The molecule has 1 atom stereocenters. The smallest absolute Gasteiger partial charge is 0.115 e. The number of para-hydroxylation sites is 1. The first-order valence-corrected chi connectivity index (χ1v) is 7.30. The summed E-state index contributed by atoms with van der Waals surface area (Å²) in [6, 6.07) is 18.6. The van der Waals surface area contributed by atoms with Crippen molar-refractivity contribution in [3.63, 3.8) is 0 Å². The van der Waals surface area contributed by atoms with Gasteiger partial charge in [0.05, 0.1) is 0 Å². The lowest BCUT2D eigenvalue weighted by Gasteiger charge is -2.30. The highest BCUT2D eigenvalue weighted by atomic mass is 16.3. The largest absolute Gasteiger partial charge is 0.508 e. The van der Waals surface area contributed by atoms with Crippen molar-refractivity contribution < 1.29 is 5.11 Å². The first-order valence-electron chi connectivity index (χ1n) is 7.30. The van der Waals surface area contributed by atoms with Crippen LogP contribution in [0.5, 0.6) is 5.75 Å². The molecule has 106 valence electrons. The van der Waals surface area contributed by atoms with E-state index in [9.17, 15) is 5.11 Å². The van der Waals surface area contributed by atoms with Crippen LogP contribution in [0.15, 0.2) is 54.6 Å². The summed E-state index contributed by atoms with van der Waals surface area (Å²) in [4.78, 5) is 2.43. The molecule has 0 amide bonds. The number of phenolic OH excluding ortho intramolecular Hbond substituents is 1. The molecule has 2 aromatic rings. The summed E-state index contributed by atoms with van der Waals surface area (Å²) in [7, 11) is 0. The van der Waals surface area contributed by atoms with E-state index in [0.717, 1.165) is 19.4 Å². The number of phenols is 1. The summed E-state index contributed by atoms with van der Waals surface area (Å²) in [5, 5.41) is 9.30. The Kier molecular flexibility index (Phi) is 5.05. The first kappa shape index (κ1) is 14.4. The number of rotatable bonds is 6. The second kappa shape index (κ2) is 6.99. The minimum absolute atomic E-state index is 0.335. The standard InChI is InChI=1S/C18H23NO/c1-3-19(17-7-5-4-6-8-17)15(2)9-10-16-11-13-18(20)14-12-16/h4-8,11-15,20H,3,9-10H2,1-2H3. The van der Waals surface area contributed by atoms with Crippen LogP contribution in [0.3, 0.4) is 0 Å². The van der Waals surface area contributed by atoms with E-state index in [0.29, 0.717) is 11.8 Å². The molecule has 0 aliphatic heterocycles. The molecular formula is C18H23NO. The van der Waals surface area contributed by atoms with Crippen LogP contribution >= 0.6 is 0 Å². The van der Waals surface area contributed by atoms with E-state index in [4.69, 9.17) is 0 Å². The van der Waals surface area contributed by atoms with Crippen molar-refractivity contribution in [3.8, 4) is 5.75 Å². The number of benzene rings is 2. The molecule has 20 heavy (non-hydrogen) atoms. The van der Waals surface area contributed by atoms with E-state index in [-0.39, 0.29) is 0 Å². The van der Waals surface area contributed by atoms with Crippen LogP contribution in [0, 0.1) is 0 Å². The number of aryl methyl sites for hydroxylation is 1. The van der Waals surface area contributed by atoms with Crippen LogP contribution in [0.25, 0.3) is 0 Å². The van der Waals surface area contributed by atoms with Crippen LogP contribution in [-0.2, 0) is 6.42 Å². The lowest BCUT2D eigenvalue weighted by atomic mass is 10.0. The Morgan fingerprint density at radius 1 is 1.00 bits per heavy atom. The molecular weight excluding hydrogens is 246 g/mol. The molecule has 0 fully saturated rings. The molecule has 0 bridgehead atoms. The van der Waals surface area contributed by atoms with Crippen LogP contribution in [0.2, 0.25) is 0 Å². The number of aromatic hydroxyl groups is 1. The lowest BCUT2D eigenvalue weighted by Crippen LogP contribution is -2.33. The van der Waals surface area contributed by atoms with E-state index < -0.39 is 0 Å². The third kappa shape index (κ3) is 3.77. The molecule has 2 nitrogen and oxygen atoms in total. The Morgan fingerprint density at radius 2 is 1.65 bits per heavy atom. The fourth-order valence-corrected chi connectivity index (χ4v) is 2.56. The number of hydrogen-bond donors (Lipinski definition) is 1. The first-order chi connectivity index (χ1) is 9.70. The number of hydrogen-bond acceptors (Lipinski definition) is 2. The third-order valence-electron chi connectivity index (χ3n) is 3.75. The zero-order valence-electron chi connectivity index (χ0n) is 12.3. The second-order valence-electron chi connectivity index (χ2n) is 5.18. The molecule has 1 N–H and O–H groups in total. The van der Waals surface area contributed by atoms with Crippen molar-refractivity contribution in [1.82, 2.24) is 0 Å². The molecule has 0 saturated carbocycles. The van der Waals surface area contributed by atoms with Gasteiger partial charge in [-0.15, -0.1) is 0 Å². The van der Waals surface area contributed by atoms with Gasteiger partial charge < -0.3 is 10.0 Å². The van der Waals surface area contributed by atoms with Crippen LogP contribution in [0.1, 0.15) is 25.8 Å². The maximum absolute atomic E-state index is 9.30. The van der Waals surface area contributed by atoms with Gasteiger partial charge in [0.25, 0.3) is 0 Å². The molecule has 1 unspecified atom stereocenters. The molecule has 0 radical (unpaired) electrons. The van der Waals surface area contributed by atoms with Crippen molar-refractivity contribution in [2.45, 2.75) is 32.7 Å². The Morgan fingerprint density at radius 3 is 2.25 bits per heavy atom. The van der Waals surface area contributed by atoms with E-state index in [1.165, 1.54) is 11.3 Å². The average molecular weight is 269 g/mol. The molecule has 0 aliphatic carbocycles. The van der Waals surface area contributed by atoms with E-state index in [1.807, 2.05) is 12.1 Å². The molecule has 2 aromatic carbocycles.